The van der Waals surface area contributed by atoms with Crippen LogP contribution >= 0.6 is 0 Å². The molecule has 0 saturated carbocycles. The molecule has 0 aliphatic carbocycles. The average Bonchev–Trinajstić information content (AvgIpc) is 3.34. The highest BCUT2D eigenvalue weighted by Gasteiger charge is 2.51. The number of hydrogen-bond acceptors (Lipinski definition) is 16. The Hall–Kier alpha value is -3.34. The monoisotopic (exact) mass is 606 g/mol. The minimum atomic E-state index is -1.11. The molecule has 2 heterocycles. The molecule has 8 atom stereocenters. The van der Waals surface area contributed by atoms with Crippen molar-refractivity contribution in [2.45, 2.75) is 104 Å². The van der Waals surface area contributed by atoms with Crippen molar-refractivity contribution in [3.63, 3.8) is 0 Å². The van der Waals surface area contributed by atoms with Gasteiger partial charge in [0.2, 0.25) is 0 Å². The fraction of sp³-hybridized carbons (Fsp3) is 0.769. The Labute approximate surface area is 242 Å². The Bertz CT molecular complexity index is 890. The third kappa shape index (κ3) is 11.5. The molecule has 2 saturated heterocycles. The Kier molecular flexibility index (Phi) is 14.1. The standard InChI is InChI=1S/C26H38O16/c1-13(27)35-11-19-21(37-15(3)29)23(39-17(5)31)25(41-19)33-9-7-8-10-34-26-24(40-18(6)32)22(38-16(4)30)20(42-26)12-36-14(2)28/h19-26H,7-12H2,1-6H3/t19-,20-,21-,22-,23-,24-,25?,26?/m1/s1. The molecule has 2 rings (SSSR count). The van der Waals surface area contributed by atoms with Crippen LogP contribution in [0.4, 0.5) is 0 Å². The summed E-state index contributed by atoms with van der Waals surface area (Å²) in [7, 11) is 0. The lowest BCUT2D eigenvalue weighted by Crippen LogP contribution is -2.42. The lowest BCUT2D eigenvalue weighted by atomic mass is 10.1. The Morgan fingerprint density at radius 1 is 0.476 bits per heavy atom. The molecule has 42 heavy (non-hydrogen) atoms. The number of hydrogen-bond donors (Lipinski definition) is 0. The van der Waals surface area contributed by atoms with Crippen LogP contribution in [0.25, 0.3) is 0 Å². The van der Waals surface area contributed by atoms with E-state index in [0.29, 0.717) is 12.8 Å². The van der Waals surface area contributed by atoms with Gasteiger partial charge in [0.1, 0.15) is 25.4 Å². The van der Waals surface area contributed by atoms with E-state index in [1.54, 1.807) is 0 Å². The number of rotatable bonds is 15. The molecule has 16 nitrogen and oxygen atoms in total. The zero-order valence-electron chi connectivity index (χ0n) is 24.4. The number of carbonyl (C=O) groups is 6. The van der Waals surface area contributed by atoms with Gasteiger partial charge in [-0.2, -0.15) is 0 Å². The van der Waals surface area contributed by atoms with Crippen LogP contribution in [0.3, 0.4) is 0 Å². The summed E-state index contributed by atoms with van der Waals surface area (Å²) in [5.41, 5.74) is 0. The van der Waals surface area contributed by atoms with Gasteiger partial charge in [-0.05, 0) is 12.8 Å². The second-order valence-electron chi connectivity index (χ2n) is 9.44. The van der Waals surface area contributed by atoms with Crippen LogP contribution in [0.2, 0.25) is 0 Å². The van der Waals surface area contributed by atoms with Crippen LogP contribution < -0.4 is 0 Å². The smallest absolute Gasteiger partial charge is 0.303 e. The van der Waals surface area contributed by atoms with Crippen molar-refractivity contribution in [2.24, 2.45) is 0 Å². The van der Waals surface area contributed by atoms with Crippen molar-refractivity contribution in [3.8, 4) is 0 Å². The minimum Gasteiger partial charge on any atom is -0.463 e. The van der Waals surface area contributed by atoms with Gasteiger partial charge in [-0.25, -0.2) is 0 Å². The molecule has 0 N–H and O–H groups in total. The van der Waals surface area contributed by atoms with Gasteiger partial charge in [-0.3, -0.25) is 28.8 Å². The maximum atomic E-state index is 11.7. The van der Waals surface area contributed by atoms with Crippen LogP contribution in [0.15, 0.2) is 0 Å². The Balaban J connectivity index is 1.94. The van der Waals surface area contributed by atoms with Crippen LogP contribution in [-0.4, -0.2) is 111 Å². The van der Waals surface area contributed by atoms with Crippen molar-refractivity contribution < 1.29 is 76.1 Å². The normalized spacial score (nSPS) is 28.4. The van der Waals surface area contributed by atoms with Crippen LogP contribution in [-0.2, 0) is 76.1 Å². The van der Waals surface area contributed by atoms with Crippen molar-refractivity contribution in [2.75, 3.05) is 26.4 Å². The second kappa shape index (κ2) is 16.9. The van der Waals surface area contributed by atoms with Gasteiger partial charge in [0.05, 0.1) is 0 Å². The molecule has 2 aliphatic heterocycles. The SMILES string of the molecule is CC(=O)OC[C@H]1OC(OCCCCOC2O[C@H](COC(C)=O)[C@@H](OC(C)=O)[C@H]2OC(C)=O)[C@H](OC(C)=O)[C@@H]1OC(C)=O. The quantitative estimate of drug-likeness (QED) is 0.138. The molecular formula is C26H38O16. The molecule has 0 aromatic heterocycles. The first-order valence-electron chi connectivity index (χ1n) is 13.3. The van der Waals surface area contributed by atoms with Crippen molar-refractivity contribution >= 4 is 35.8 Å². The summed E-state index contributed by atoms with van der Waals surface area (Å²) in [5.74, 6) is -3.78. The summed E-state index contributed by atoms with van der Waals surface area (Å²) in [6.45, 7) is 6.81. The molecule has 0 spiro atoms. The first-order valence-corrected chi connectivity index (χ1v) is 13.3. The van der Waals surface area contributed by atoms with Crippen molar-refractivity contribution in [1.82, 2.24) is 0 Å². The fourth-order valence-electron chi connectivity index (χ4n) is 4.22. The highest BCUT2D eigenvalue weighted by atomic mass is 16.8. The molecule has 0 aromatic rings. The topological polar surface area (TPSA) is 195 Å². The number of esters is 6. The Morgan fingerprint density at radius 2 is 0.786 bits per heavy atom. The third-order valence-electron chi connectivity index (χ3n) is 5.75. The molecular weight excluding hydrogens is 568 g/mol. The highest BCUT2D eigenvalue weighted by Crippen LogP contribution is 2.30. The largest absolute Gasteiger partial charge is 0.463 e. The lowest BCUT2D eigenvalue weighted by molar-refractivity contribution is -0.194. The maximum absolute atomic E-state index is 11.7. The van der Waals surface area contributed by atoms with E-state index in [4.69, 9.17) is 47.4 Å². The molecule has 2 aliphatic rings. The van der Waals surface area contributed by atoms with Crippen LogP contribution in [0.1, 0.15) is 54.4 Å². The van der Waals surface area contributed by atoms with E-state index in [9.17, 15) is 28.8 Å². The highest BCUT2D eigenvalue weighted by molar-refractivity contribution is 5.68. The summed E-state index contributed by atoms with van der Waals surface area (Å²) in [6, 6.07) is 0. The van der Waals surface area contributed by atoms with Gasteiger partial charge < -0.3 is 47.4 Å². The second-order valence-corrected chi connectivity index (χ2v) is 9.44. The first kappa shape index (κ1) is 34.9. The third-order valence-corrected chi connectivity index (χ3v) is 5.75. The molecule has 2 fully saturated rings. The predicted molar refractivity (Wildman–Crippen MR) is 134 cm³/mol. The zero-order chi connectivity index (χ0) is 31.4. The summed E-state index contributed by atoms with van der Waals surface area (Å²) < 4.78 is 54.1. The van der Waals surface area contributed by atoms with E-state index in [-0.39, 0.29) is 26.4 Å². The van der Waals surface area contributed by atoms with Crippen LogP contribution in [0.5, 0.6) is 0 Å². The van der Waals surface area contributed by atoms with E-state index < -0.39 is 85.0 Å². The molecule has 0 radical (unpaired) electrons. The predicted octanol–water partition coefficient (Wildman–Crippen LogP) is 0.103. The zero-order valence-corrected chi connectivity index (χ0v) is 24.4. The molecule has 16 heteroatoms. The first-order chi connectivity index (χ1) is 19.8. The van der Waals surface area contributed by atoms with Gasteiger partial charge in [-0.15, -0.1) is 0 Å². The number of carbonyl (C=O) groups excluding carboxylic acids is 6. The summed E-state index contributed by atoms with van der Waals surface area (Å²) in [4.78, 5) is 69.2. The van der Waals surface area contributed by atoms with Gasteiger partial charge >= 0.3 is 35.8 Å². The lowest BCUT2D eigenvalue weighted by Gasteiger charge is -2.23. The molecule has 0 aromatic carbocycles. The fourth-order valence-corrected chi connectivity index (χ4v) is 4.22. The molecule has 0 bridgehead atoms. The van der Waals surface area contributed by atoms with Crippen LogP contribution in [0, 0.1) is 0 Å². The van der Waals surface area contributed by atoms with E-state index in [0.717, 1.165) is 0 Å². The van der Waals surface area contributed by atoms with E-state index in [1.165, 1.54) is 41.5 Å². The van der Waals surface area contributed by atoms with Crippen molar-refractivity contribution in [3.05, 3.63) is 0 Å². The average molecular weight is 607 g/mol. The molecule has 2 unspecified atom stereocenters. The molecule has 238 valence electrons. The van der Waals surface area contributed by atoms with Gasteiger partial charge in [0.15, 0.2) is 37.0 Å². The number of unbranched alkanes of at least 4 members (excludes halogenated alkanes) is 1. The summed E-state index contributed by atoms with van der Waals surface area (Å²) in [6.07, 6.45) is -7.61. The number of ether oxygens (including phenoxy) is 10. The van der Waals surface area contributed by atoms with E-state index in [1.807, 2.05) is 0 Å². The van der Waals surface area contributed by atoms with Gasteiger partial charge in [0.25, 0.3) is 0 Å². The van der Waals surface area contributed by atoms with Crippen molar-refractivity contribution in [1.29, 1.82) is 0 Å². The molecule has 0 amide bonds. The maximum Gasteiger partial charge on any atom is 0.303 e. The van der Waals surface area contributed by atoms with Gasteiger partial charge in [0, 0.05) is 54.8 Å². The van der Waals surface area contributed by atoms with E-state index >= 15 is 0 Å². The summed E-state index contributed by atoms with van der Waals surface area (Å²) >= 11 is 0. The summed E-state index contributed by atoms with van der Waals surface area (Å²) in [5, 5.41) is 0. The Morgan fingerprint density at radius 3 is 1.07 bits per heavy atom. The van der Waals surface area contributed by atoms with E-state index in [2.05, 4.69) is 0 Å². The minimum absolute atomic E-state index is 0.100. The van der Waals surface area contributed by atoms with Gasteiger partial charge in [-0.1, -0.05) is 0 Å².